The number of nitrogens with one attached hydrogen (secondary N) is 1. The van der Waals surface area contributed by atoms with E-state index in [2.05, 4.69) is 5.32 Å². The molecule has 1 saturated heterocycles. The van der Waals surface area contributed by atoms with Gasteiger partial charge in [0.2, 0.25) is 6.29 Å². The van der Waals surface area contributed by atoms with Crippen LogP contribution >= 0.6 is 0 Å². The second-order valence-electron chi connectivity index (χ2n) is 8.81. The van der Waals surface area contributed by atoms with E-state index in [1.165, 1.54) is 0 Å². The van der Waals surface area contributed by atoms with Gasteiger partial charge in [-0.2, -0.15) is 0 Å². The van der Waals surface area contributed by atoms with E-state index >= 15 is 0 Å². The van der Waals surface area contributed by atoms with Crippen molar-refractivity contribution in [3.63, 3.8) is 0 Å². The van der Waals surface area contributed by atoms with E-state index in [9.17, 15) is 15.3 Å². The molecule has 1 aliphatic carbocycles. The highest BCUT2D eigenvalue weighted by Crippen LogP contribution is 2.31. The van der Waals surface area contributed by atoms with E-state index < -0.39 is 66.8 Å². The van der Waals surface area contributed by atoms with Gasteiger partial charge in [-0.05, 0) is 32.9 Å². The molecule has 3 rings (SSSR count). The lowest BCUT2D eigenvalue weighted by atomic mass is 9.84. The minimum atomic E-state index is -1.29. The summed E-state index contributed by atoms with van der Waals surface area (Å²) in [6.45, 7) is 1.68. The maximum Gasteiger partial charge on any atom is 0.215 e. The third kappa shape index (κ3) is 5.20. The first-order valence-corrected chi connectivity index (χ1v) is 10.6. The Bertz CT molecular complexity index is 639. The molecule has 0 bridgehead atoms. The molecule has 0 aromatic heterocycles. The Morgan fingerprint density at radius 1 is 1.10 bits per heavy atom. The van der Waals surface area contributed by atoms with Crippen molar-refractivity contribution in [3.05, 3.63) is 11.8 Å². The lowest BCUT2D eigenvalue weighted by Crippen LogP contribution is -2.68. The van der Waals surface area contributed by atoms with Crippen LogP contribution in [0.4, 0.5) is 0 Å². The van der Waals surface area contributed by atoms with Crippen LogP contribution in [0.3, 0.4) is 0 Å². The molecule has 0 aromatic rings. The van der Waals surface area contributed by atoms with Gasteiger partial charge in [0.15, 0.2) is 6.29 Å². The fourth-order valence-corrected chi connectivity index (χ4v) is 4.44. The van der Waals surface area contributed by atoms with Crippen molar-refractivity contribution in [2.45, 2.75) is 86.5 Å². The summed E-state index contributed by atoms with van der Waals surface area (Å²) in [7, 11) is 1.62. The first-order chi connectivity index (χ1) is 14.6. The number of ether oxygens (including phenoxy) is 4. The summed E-state index contributed by atoms with van der Waals surface area (Å²) >= 11 is 0. The smallest absolute Gasteiger partial charge is 0.215 e. The first kappa shape index (κ1) is 24.7. The summed E-state index contributed by atoms with van der Waals surface area (Å²) in [5.41, 5.74) is 22.9. The van der Waals surface area contributed by atoms with Crippen LogP contribution in [0.5, 0.6) is 0 Å². The largest absolute Gasteiger partial charge is 0.467 e. The highest BCUT2D eigenvalue weighted by atomic mass is 16.7. The molecule has 11 atom stereocenters. The molecule has 1 saturated carbocycles. The molecule has 12 N–H and O–H groups in total. The molecule has 10 unspecified atom stereocenters. The molecule has 2 heterocycles. The van der Waals surface area contributed by atoms with Gasteiger partial charge in [0.05, 0.1) is 25.2 Å². The molecule has 12 heteroatoms. The Hall–Kier alpha value is -0.900. The van der Waals surface area contributed by atoms with Crippen LogP contribution in [0.1, 0.15) is 19.8 Å². The van der Waals surface area contributed by atoms with Crippen LogP contribution in [-0.2, 0) is 18.9 Å². The molecule has 0 amide bonds. The van der Waals surface area contributed by atoms with Gasteiger partial charge in [0.25, 0.3) is 0 Å². The van der Waals surface area contributed by atoms with Gasteiger partial charge >= 0.3 is 0 Å². The molecule has 12 nitrogen and oxygen atoms in total. The summed E-state index contributed by atoms with van der Waals surface area (Å²) in [6.07, 6.45) is -3.56. The molecular weight excluding hydrogens is 410 g/mol. The second-order valence-corrected chi connectivity index (χ2v) is 8.81. The molecule has 0 radical (unpaired) electrons. The van der Waals surface area contributed by atoms with E-state index in [0.29, 0.717) is 18.6 Å². The van der Waals surface area contributed by atoms with E-state index in [1.807, 2.05) is 0 Å². The quantitative estimate of drug-likeness (QED) is 0.196. The van der Waals surface area contributed by atoms with Crippen LogP contribution in [-0.4, -0.2) is 102 Å². The normalized spacial score (nSPS) is 48.7. The number of aliphatic hydroxyl groups is 3. The van der Waals surface area contributed by atoms with Gasteiger partial charge in [-0.15, -0.1) is 0 Å². The average Bonchev–Trinajstić information content (AvgIpc) is 2.71. The Morgan fingerprint density at radius 3 is 2.29 bits per heavy atom. The third-order valence-corrected chi connectivity index (χ3v) is 6.22. The van der Waals surface area contributed by atoms with Crippen LogP contribution in [0.15, 0.2) is 11.8 Å². The van der Waals surface area contributed by atoms with Crippen molar-refractivity contribution in [1.29, 1.82) is 0 Å². The van der Waals surface area contributed by atoms with E-state index in [0.717, 1.165) is 0 Å². The van der Waals surface area contributed by atoms with Crippen molar-refractivity contribution in [2.24, 2.45) is 22.9 Å². The predicted molar refractivity (Wildman–Crippen MR) is 110 cm³/mol. The number of rotatable bonds is 6. The van der Waals surface area contributed by atoms with Gasteiger partial charge in [0.1, 0.15) is 35.8 Å². The monoisotopic (exact) mass is 447 g/mol. The van der Waals surface area contributed by atoms with E-state index in [1.54, 1.807) is 20.0 Å². The summed E-state index contributed by atoms with van der Waals surface area (Å²) in [4.78, 5) is 0. The van der Waals surface area contributed by atoms with E-state index in [4.69, 9.17) is 41.9 Å². The van der Waals surface area contributed by atoms with Crippen LogP contribution in [0, 0.1) is 0 Å². The maximum atomic E-state index is 11.0. The van der Waals surface area contributed by atoms with Gasteiger partial charge in [-0.1, -0.05) is 0 Å². The Labute approximate surface area is 181 Å². The number of likely N-dealkylation sites (N-methyl/N-ethyl adjacent to an activating group) is 1. The van der Waals surface area contributed by atoms with Gasteiger partial charge in [-0.3, -0.25) is 0 Å². The minimum absolute atomic E-state index is 0.0727. The standard InChI is InChI=1S/C19H37N5O7/c1-19(27)7-28-18(13(26)16(19)24-2)31-15-11(23)5-10(22)14(12(15)25)30-17-9(21)4-3-8(6-20)29-17/h3,9-18,24-27H,4-7,20-23H2,1-2H3/t9?,10?,11?,12?,13?,14?,15?,16?,17?,18?,19-/m1/s1. The van der Waals surface area contributed by atoms with Crippen molar-refractivity contribution in [3.8, 4) is 0 Å². The Morgan fingerprint density at radius 2 is 1.71 bits per heavy atom. The average molecular weight is 448 g/mol. The fourth-order valence-electron chi connectivity index (χ4n) is 4.44. The number of hydrogen-bond donors (Lipinski definition) is 8. The van der Waals surface area contributed by atoms with Gasteiger partial charge in [0, 0.05) is 12.1 Å². The zero-order valence-electron chi connectivity index (χ0n) is 18.0. The minimum Gasteiger partial charge on any atom is -0.467 e. The summed E-state index contributed by atoms with van der Waals surface area (Å²) in [5.74, 6) is 0.555. The molecule has 180 valence electrons. The van der Waals surface area contributed by atoms with Crippen molar-refractivity contribution < 1.29 is 34.3 Å². The Balaban J connectivity index is 1.69. The second kappa shape index (κ2) is 9.93. The van der Waals surface area contributed by atoms with Crippen molar-refractivity contribution in [2.75, 3.05) is 20.2 Å². The number of nitrogens with two attached hydrogens (primary N) is 4. The number of aliphatic hydroxyl groups excluding tert-OH is 2. The zero-order chi connectivity index (χ0) is 22.9. The van der Waals surface area contributed by atoms with Crippen molar-refractivity contribution in [1.82, 2.24) is 5.32 Å². The molecule has 0 spiro atoms. The van der Waals surface area contributed by atoms with Crippen LogP contribution in [0.25, 0.3) is 0 Å². The summed E-state index contributed by atoms with van der Waals surface area (Å²) < 4.78 is 23.1. The summed E-state index contributed by atoms with van der Waals surface area (Å²) in [5, 5.41) is 34.9. The molecule has 0 aromatic carbocycles. The third-order valence-electron chi connectivity index (χ3n) is 6.22. The zero-order valence-corrected chi connectivity index (χ0v) is 18.0. The molecule has 2 fully saturated rings. The lowest BCUT2D eigenvalue weighted by molar-refractivity contribution is -0.303. The summed E-state index contributed by atoms with van der Waals surface area (Å²) in [6, 6.07) is -2.37. The Kier molecular flexibility index (Phi) is 7.92. The van der Waals surface area contributed by atoms with Crippen LogP contribution in [0.2, 0.25) is 0 Å². The highest BCUT2D eigenvalue weighted by molar-refractivity contribution is 5.04. The van der Waals surface area contributed by atoms with E-state index in [-0.39, 0.29) is 13.2 Å². The molecule has 31 heavy (non-hydrogen) atoms. The molecule has 2 aliphatic heterocycles. The van der Waals surface area contributed by atoms with Gasteiger partial charge in [-0.25, -0.2) is 0 Å². The highest BCUT2D eigenvalue weighted by Gasteiger charge is 2.50. The number of hydrogen-bond acceptors (Lipinski definition) is 12. The lowest BCUT2D eigenvalue weighted by Gasteiger charge is -2.48. The predicted octanol–water partition coefficient (Wildman–Crippen LogP) is -3.85. The first-order valence-electron chi connectivity index (χ1n) is 10.6. The van der Waals surface area contributed by atoms with Crippen molar-refractivity contribution >= 4 is 0 Å². The molecular formula is C19H37N5O7. The van der Waals surface area contributed by atoms with Gasteiger partial charge < -0.3 is 62.5 Å². The molecule has 3 aliphatic rings. The van der Waals surface area contributed by atoms with Crippen LogP contribution < -0.4 is 28.3 Å². The topological polar surface area (TPSA) is 214 Å². The fraction of sp³-hybridized carbons (Fsp3) is 0.895. The SMILES string of the molecule is CNC1C(O)C(OC2C(N)CC(N)C(OC3OC(CN)=CCC3N)C2O)OC[C@@]1(C)O. The maximum absolute atomic E-state index is 11.0.